The van der Waals surface area contributed by atoms with E-state index in [4.69, 9.17) is 9.47 Å². The second-order valence-corrected chi connectivity index (χ2v) is 7.77. The first-order valence-electron chi connectivity index (χ1n) is 9.08. The Bertz CT molecular complexity index is 1310. The third-order valence-corrected chi connectivity index (χ3v) is 6.21. The van der Waals surface area contributed by atoms with Gasteiger partial charge in [0, 0.05) is 10.4 Å². The Labute approximate surface area is 170 Å². The maximum absolute atomic E-state index is 13.1. The van der Waals surface area contributed by atoms with E-state index < -0.39 is 0 Å². The summed E-state index contributed by atoms with van der Waals surface area (Å²) in [5.41, 5.74) is 2.20. The molecule has 2 aromatic heterocycles. The number of fused-ring (bicyclic) bond motifs is 2. The van der Waals surface area contributed by atoms with Crippen molar-refractivity contribution in [2.75, 3.05) is 6.79 Å². The van der Waals surface area contributed by atoms with Crippen molar-refractivity contribution < 1.29 is 14.3 Å². The number of hydrogen-bond donors (Lipinski definition) is 0. The van der Waals surface area contributed by atoms with Gasteiger partial charge >= 0.3 is 0 Å². The Morgan fingerprint density at radius 1 is 1.14 bits per heavy atom. The summed E-state index contributed by atoms with van der Waals surface area (Å²) in [6.45, 7) is 1.99. The number of benzene rings is 2. The highest BCUT2D eigenvalue weighted by molar-refractivity contribution is 7.22. The number of carbonyl (C=O) groups excluding carboxylic acids is 1. The van der Waals surface area contributed by atoms with Crippen LogP contribution in [0.15, 0.2) is 59.7 Å². The average Bonchev–Trinajstić information content (AvgIpc) is 3.34. The zero-order valence-electron chi connectivity index (χ0n) is 15.5. The van der Waals surface area contributed by atoms with E-state index in [1.54, 1.807) is 18.2 Å². The fraction of sp³-hybridized carbons (Fsp3) is 0.136. The number of carbonyl (C=O) groups is 1. The summed E-state index contributed by atoms with van der Waals surface area (Å²) in [6.07, 6.45) is 1.44. The molecule has 29 heavy (non-hydrogen) atoms. The highest BCUT2D eigenvalue weighted by Gasteiger charge is 2.19. The first-order valence-corrected chi connectivity index (χ1v) is 9.90. The highest BCUT2D eigenvalue weighted by atomic mass is 32.1. The van der Waals surface area contributed by atoms with Crippen LogP contribution in [0.25, 0.3) is 20.7 Å². The molecule has 5 rings (SSSR count). The van der Waals surface area contributed by atoms with Crippen LogP contribution in [0.1, 0.15) is 15.9 Å². The van der Waals surface area contributed by atoms with E-state index in [1.165, 1.54) is 22.2 Å². The molecule has 0 aliphatic carbocycles. The number of hydrogen-bond acceptors (Lipinski definition) is 6. The number of ketones is 1. The predicted octanol–water partition coefficient (Wildman–Crippen LogP) is 4.05. The molecule has 1 aliphatic heterocycles. The Morgan fingerprint density at radius 3 is 2.76 bits per heavy atom. The summed E-state index contributed by atoms with van der Waals surface area (Å²) in [5.74, 6) is 0.963. The van der Waals surface area contributed by atoms with Crippen molar-refractivity contribution in [3.8, 4) is 21.9 Å². The molecule has 3 heterocycles. The number of ether oxygens (including phenoxy) is 2. The molecule has 1 aliphatic rings. The van der Waals surface area contributed by atoms with Gasteiger partial charge in [-0.1, -0.05) is 30.3 Å². The number of rotatable bonds is 4. The maximum atomic E-state index is 13.1. The third kappa shape index (κ3) is 3.00. The molecule has 7 heteroatoms. The lowest BCUT2D eigenvalue weighted by Crippen LogP contribution is -2.24. The van der Waals surface area contributed by atoms with Gasteiger partial charge in [-0.2, -0.15) is 0 Å². The minimum Gasteiger partial charge on any atom is -0.454 e. The number of Topliss-reactive ketones (excluding diaryl/α,β-unsaturated/α-hetero) is 1. The van der Waals surface area contributed by atoms with Gasteiger partial charge in [0.25, 0.3) is 5.56 Å². The van der Waals surface area contributed by atoms with E-state index in [2.05, 4.69) is 4.98 Å². The van der Waals surface area contributed by atoms with Gasteiger partial charge in [0.1, 0.15) is 4.83 Å². The van der Waals surface area contributed by atoms with E-state index >= 15 is 0 Å². The summed E-state index contributed by atoms with van der Waals surface area (Å²) in [4.78, 5) is 31.9. The summed E-state index contributed by atoms with van der Waals surface area (Å²) < 4.78 is 12.0. The van der Waals surface area contributed by atoms with Crippen LogP contribution in [0.3, 0.4) is 0 Å². The molecule has 6 nitrogen and oxygen atoms in total. The predicted molar refractivity (Wildman–Crippen MR) is 111 cm³/mol. The summed E-state index contributed by atoms with van der Waals surface area (Å²) in [7, 11) is 0. The van der Waals surface area contributed by atoms with Crippen LogP contribution in [0.5, 0.6) is 11.5 Å². The zero-order valence-corrected chi connectivity index (χ0v) is 16.4. The zero-order chi connectivity index (χ0) is 20.0. The van der Waals surface area contributed by atoms with Gasteiger partial charge in [0.2, 0.25) is 6.79 Å². The molecule has 2 aromatic carbocycles. The van der Waals surface area contributed by atoms with Crippen molar-refractivity contribution >= 4 is 27.3 Å². The third-order valence-electron chi connectivity index (χ3n) is 4.96. The van der Waals surface area contributed by atoms with Gasteiger partial charge in [-0.15, -0.1) is 11.3 Å². The smallest absolute Gasteiger partial charge is 0.262 e. The van der Waals surface area contributed by atoms with Crippen molar-refractivity contribution in [3.05, 3.63) is 76.3 Å². The monoisotopic (exact) mass is 404 g/mol. The van der Waals surface area contributed by atoms with E-state index in [9.17, 15) is 9.59 Å². The molecule has 0 radical (unpaired) electrons. The summed E-state index contributed by atoms with van der Waals surface area (Å²) in [6, 6.07) is 14.9. The normalized spacial score (nSPS) is 12.4. The highest BCUT2D eigenvalue weighted by Crippen LogP contribution is 2.35. The van der Waals surface area contributed by atoms with Gasteiger partial charge in [-0.25, -0.2) is 4.98 Å². The summed E-state index contributed by atoms with van der Waals surface area (Å²) in [5, 5.41) is 0.565. The number of nitrogens with zero attached hydrogens (tertiary/aromatic N) is 2. The molecular formula is C22H16N2O4S. The first-order chi connectivity index (χ1) is 14.1. The van der Waals surface area contributed by atoms with Gasteiger partial charge in [0.15, 0.2) is 17.3 Å². The van der Waals surface area contributed by atoms with Crippen molar-refractivity contribution in [2.24, 2.45) is 0 Å². The largest absolute Gasteiger partial charge is 0.454 e. The minimum atomic E-state index is -0.208. The summed E-state index contributed by atoms with van der Waals surface area (Å²) >= 11 is 1.49. The Kier molecular flexibility index (Phi) is 4.17. The standard InChI is InChI=1S/C22H16N2O4S/c1-13-19-21(29-20(13)14-5-3-2-4-6-14)23-11-24(22(19)26)10-16(25)15-7-8-17-18(9-15)28-12-27-17/h2-9,11H,10,12H2,1H3. The van der Waals surface area contributed by atoms with Crippen molar-refractivity contribution in [1.29, 1.82) is 0 Å². The van der Waals surface area contributed by atoms with Crippen LogP contribution in [-0.4, -0.2) is 22.1 Å². The van der Waals surface area contributed by atoms with E-state index in [0.717, 1.165) is 16.0 Å². The quantitative estimate of drug-likeness (QED) is 0.480. The number of aromatic nitrogens is 2. The van der Waals surface area contributed by atoms with Crippen LogP contribution < -0.4 is 15.0 Å². The molecule has 0 unspecified atom stereocenters. The second-order valence-electron chi connectivity index (χ2n) is 6.77. The van der Waals surface area contributed by atoms with Crippen molar-refractivity contribution in [1.82, 2.24) is 9.55 Å². The molecule has 0 N–H and O–H groups in total. The second kappa shape index (κ2) is 6.86. The van der Waals surface area contributed by atoms with Gasteiger partial charge < -0.3 is 9.47 Å². The van der Waals surface area contributed by atoms with E-state index in [-0.39, 0.29) is 24.7 Å². The van der Waals surface area contributed by atoms with Crippen LogP contribution in [0.4, 0.5) is 0 Å². The van der Waals surface area contributed by atoms with Crippen LogP contribution in [0.2, 0.25) is 0 Å². The fourth-order valence-electron chi connectivity index (χ4n) is 3.45. The molecule has 0 bridgehead atoms. The van der Waals surface area contributed by atoms with Crippen LogP contribution in [0, 0.1) is 6.92 Å². The van der Waals surface area contributed by atoms with E-state index in [1.807, 2.05) is 37.3 Å². The fourth-order valence-corrected chi connectivity index (χ4v) is 4.60. The lowest BCUT2D eigenvalue weighted by atomic mass is 10.1. The molecule has 0 amide bonds. The lowest BCUT2D eigenvalue weighted by Gasteiger charge is -2.06. The number of aryl methyl sites for hydroxylation is 1. The van der Waals surface area contributed by atoms with Crippen molar-refractivity contribution in [2.45, 2.75) is 13.5 Å². The van der Waals surface area contributed by atoms with Crippen LogP contribution in [-0.2, 0) is 6.54 Å². The lowest BCUT2D eigenvalue weighted by molar-refractivity contribution is 0.0970. The molecule has 144 valence electrons. The Hall–Kier alpha value is -3.45. The topological polar surface area (TPSA) is 70.4 Å². The Morgan fingerprint density at radius 2 is 1.93 bits per heavy atom. The minimum absolute atomic E-state index is 0.0859. The molecular weight excluding hydrogens is 388 g/mol. The van der Waals surface area contributed by atoms with Crippen molar-refractivity contribution in [3.63, 3.8) is 0 Å². The molecule has 0 saturated heterocycles. The Balaban J connectivity index is 1.51. The van der Waals surface area contributed by atoms with Crippen LogP contribution >= 0.6 is 11.3 Å². The SMILES string of the molecule is Cc1c(-c2ccccc2)sc2ncn(CC(=O)c3ccc4c(c3)OCO4)c(=O)c12. The van der Waals surface area contributed by atoms with E-state index in [0.29, 0.717) is 27.3 Å². The van der Waals surface area contributed by atoms with Gasteiger partial charge in [0.05, 0.1) is 18.3 Å². The first kappa shape index (κ1) is 17.6. The maximum Gasteiger partial charge on any atom is 0.262 e. The molecule has 0 fully saturated rings. The molecule has 0 spiro atoms. The molecule has 4 aromatic rings. The average molecular weight is 404 g/mol. The molecule has 0 saturated carbocycles. The van der Waals surface area contributed by atoms with Gasteiger partial charge in [-0.3, -0.25) is 14.2 Å². The number of thiophene rings is 1. The van der Waals surface area contributed by atoms with Gasteiger partial charge in [-0.05, 0) is 36.2 Å². The molecule has 0 atom stereocenters.